The van der Waals surface area contributed by atoms with Gasteiger partial charge in [-0.2, -0.15) is 0 Å². The normalized spacial score (nSPS) is 20.6. The van der Waals surface area contributed by atoms with E-state index in [-0.39, 0.29) is 17.4 Å². The van der Waals surface area contributed by atoms with Crippen LogP contribution in [0, 0.1) is 22.7 Å². The van der Waals surface area contributed by atoms with Crippen molar-refractivity contribution in [3.63, 3.8) is 0 Å². The smallest absolute Gasteiger partial charge is 0.228 e. The van der Waals surface area contributed by atoms with Gasteiger partial charge in [0.1, 0.15) is 0 Å². The first-order valence-corrected chi connectivity index (χ1v) is 9.12. The summed E-state index contributed by atoms with van der Waals surface area (Å²) in [6.45, 7) is 14.3. The van der Waals surface area contributed by atoms with Gasteiger partial charge in [-0.1, -0.05) is 27.7 Å². The molecule has 2 fully saturated rings. The molecule has 2 amide bonds. The predicted octanol–water partition coefficient (Wildman–Crippen LogP) is 3.21. The Kier molecular flexibility index (Phi) is 5.12. The van der Waals surface area contributed by atoms with E-state index in [0.29, 0.717) is 29.6 Å². The van der Waals surface area contributed by atoms with Crippen LogP contribution in [0.1, 0.15) is 67.2 Å². The Morgan fingerprint density at radius 3 is 2.22 bits per heavy atom. The average molecular weight is 322 g/mol. The van der Waals surface area contributed by atoms with E-state index in [1.54, 1.807) is 0 Å². The standard InChI is InChI=1S/C19H34N2O2/c1-13(2)8-18(5,6)17(23)21-11-19(12-21)9-15(10-19)7-16(22)20-14(3)4/h13-15H,7-12H2,1-6H3,(H,20,22). The first-order valence-electron chi connectivity index (χ1n) is 9.12. The summed E-state index contributed by atoms with van der Waals surface area (Å²) in [6.07, 6.45) is 3.79. The second-order valence-electron chi connectivity index (χ2n) is 9.34. The van der Waals surface area contributed by atoms with Gasteiger partial charge in [0, 0.05) is 36.4 Å². The fraction of sp³-hybridized carbons (Fsp3) is 0.895. The number of nitrogens with zero attached hydrogens (tertiary/aromatic N) is 1. The van der Waals surface area contributed by atoms with Crippen LogP contribution < -0.4 is 5.32 Å². The maximum Gasteiger partial charge on any atom is 0.228 e. The highest BCUT2D eigenvalue weighted by molar-refractivity contribution is 5.83. The molecule has 0 bridgehead atoms. The molecule has 1 heterocycles. The molecule has 0 atom stereocenters. The number of carbonyl (C=O) groups is 2. The quantitative estimate of drug-likeness (QED) is 0.816. The molecular formula is C19H34N2O2. The first-order chi connectivity index (χ1) is 10.5. The lowest BCUT2D eigenvalue weighted by Gasteiger charge is -2.60. The molecule has 2 rings (SSSR count). The van der Waals surface area contributed by atoms with Crippen molar-refractivity contribution in [2.45, 2.75) is 73.3 Å². The minimum atomic E-state index is -0.254. The van der Waals surface area contributed by atoms with Crippen LogP contribution in [0.25, 0.3) is 0 Å². The molecule has 1 spiro atoms. The van der Waals surface area contributed by atoms with E-state index in [0.717, 1.165) is 32.4 Å². The SMILES string of the molecule is CC(C)CC(C)(C)C(=O)N1CC2(CC(CC(=O)NC(C)C)C2)C1. The number of likely N-dealkylation sites (tertiary alicyclic amines) is 1. The highest BCUT2D eigenvalue weighted by Crippen LogP contribution is 2.53. The lowest BCUT2D eigenvalue weighted by molar-refractivity contribution is -0.166. The Balaban J connectivity index is 1.74. The third-order valence-electron chi connectivity index (χ3n) is 5.20. The van der Waals surface area contributed by atoms with Gasteiger partial charge < -0.3 is 10.2 Å². The van der Waals surface area contributed by atoms with Gasteiger partial charge >= 0.3 is 0 Å². The van der Waals surface area contributed by atoms with Gasteiger partial charge in [0.15, 0.2) is 0 Å². The summed E-state index contributed by atoms with van der Waals surface area (Å²) in [5.41, 5.74) is 0.0718. The molecule has 1 saturated heterocycles. The molecule has 132 valence electrons. The van der Waals surface area contributed by atoms with Gasteiger partial charge in [-0.3, -0.25) is 9.59 Å². The molecule has 2 aliphatic rings. The van der Waals surface area contributed by atoms with Crippen LogP contribution in [0.2, 0.25) is 0 Å². The van der Waals surface area contributed by atoms with E-state index in [4.69, 9.17) is 0 Å². The molecule has 1 N–H and O–H groups in total. The summed E-state index contributed by atoms with van der Waals surface area (Å²) >= 11 is 0. The van der Waals surface area contributed by atoms with E-state index in [1.165, 1.54) is 0 Å². The minimum Gasteiger partial charge on any atom is -0.354 e. The van der Waals surface area contributed by atoms with Gasteiger partial charge in [0.25, 0.3) is 0 Å². The molecule has 23 heavy (non-hydrogen) atoms. The van der Waals surface area contributed by atoms with Crippen molar-refractivity contribution in [2.75, 3.05) is 13.1 Å². The summed E-state index contributed by atoms with van der Waals surface area (Å²) in [5.74, 6) is 1.52. The molecule has 0 aromatic rings. The van der Waals surface area contributed by atoms with Crippen LogP contribution in [0.5, 0.6) is 0 Å². The van der Waals surface area contributed by atoms with E-state index in [2.05, 4.69) is 33.0 Å². The van der Waals surface area contributed by atoms with Crippen molar-refractivity contribution in [2.24, 2.45) is 22.7 Å². The average Bonchev–Trinajstić information content (AvgIpc) is 2.26. The molecule has 1 aliphatic heterocycles. The summed E-state index contributed by atoms with van der Waals surface area (Å²) in [4.78, 5) is 26.5. The van der Waals surface area contributed by atoms with Crippen molar-refractivity contribution in [3.8, 4) is 0 Å². The van der Waals surface area contributed by atoms with Crippen molar-refractivity contribution in [1.82, 2.24) is 10.2 Å². The fourth-order valence-electron chi connectivity index (χ4n) is 4.65. The molecule has 0 aromatic heterocycles. The van der Waals surface area contributed by atoms with Gasteiger partial charge in [-0.15, -0.1) is 0 Å². The van der Waals surface area contributed by atoms with Crippen molar-refractivity contribution in [1.29, 1.82) is 0 Å². The van der Waals surface area contributed by atoms with Crippen LogP contribution in [0.3, 0.4) is 0 Å². The van der Waals surface area contributed by atoms with Crippen LogP contribution >= 0.6 is 0 Å². The van der Waals surface area contributed by atoms with Crippen LogP contribution in [0.15, 0.2) is 0 Å². The van der Waals surface area contributed by atoms with Crippen molar-refractivity contribution >= 4 is 11.8 Å². The summed E-state index contributed by atoms with van der Waals surface area (Å²) < 4.78 is 0. The Morgan fingerprint density at radius 1 is 1.17 bits per heavy atom. The number of hydrogen-bond donors (Lipinski definition) is 1. The molecule has 1 saturated carbocycles. The Morgan fingerprint density at radius 2 is 1.74 bits per heavy atom. The fourth-order valence-corrected chi connectivity index (χ4v) is 4.65. The highest BCUT2D eigenvalue weighted by Gasteiger charge is 2.55. The third kappa shape index (κ3) is 4.27. The number of rotatable bonds is 6. The molecular weight excluding hydrogens is 288 g/mol. The van der Waals surface area contributed by atoms with Gasteiger partial charge in [-0.25, -0.2) is 0 Å². The van der Waals surface area contributed by atoms with E-state index in [9.17, 15) is 9.59 Å². The molecule has 4 nitrogen and oxygen atoms in total. The van der Waals surface area contributed by atoms with Crippen LogP contribution in [0.4, 0.5) is 0 Å². The first kappa shape index (κ1) is 18.3. The Bertz CT molecular complexity index is 454. The maximum absolute atomic E-state index is 12.7. The summed E-state index contributed by atoms with van der Waals surface area (Å²) in [7, 11) is 0. The highest BCUT2D eigenvalue weighted by atomic mass is 16.2. The molecule has 4 heteroatoms. The van der Waals surface area contributed by atoms with Gasteiger partial charge in [0.05, 0.1) is 0 Å². The van der Waals surface area contributed by atoms with E-state index in [1.807, 2.05) is 18.7 Å². The lowest BCUT2D eigenvalue weighted by atomic mass is 9.56. The van der Waals surface area contributed by atoms with E-state index >= 15 is 0 Å². The number of amides is 2. The number of carbonyl (C=O) groups excluding carboxylic acids is 2. The number of nitrogens with one attached hydrogen (secondary N) is 1. The number of hydrogen-bond acceptors (Lipinski definition) is 2. The summed E-state index contributed by atoms with van der Waals surface area (Å²) in [6, 6.07) is 0.219. The van der Waals surface area contributed by atoms with Crippen molar-refractivity contribution in [3.05, 3.63) is 0 Å². The maximum atomic E-state index is 12.7. The lowest BCUT2D eigenvalue weighted by Crippen LogP contribution is -2.65. The molecule has 0 aromatic carbocycles. The molecule has 0 unspecified atom stereocenters. The monoisotopic (exact) mass is 322 g/mol. The zero-order valence-electron chi connectivity index (χ0n) is 15.7. The zero-order chi connectivity index (χ0) is 17.4. The second kappa shape index (κ2) is 6.45. The largest absolute Gasteiger partial charge is 0.354 e. The zero-order valence-corrected chi connectivity index (χ0v) is 15.7. The topological polar surface area (TPSA) is 49.4 Å². The summed E-state index contributed by atoms with van der Waals surface area (Å²) in [5, 5.41) is 2.97. The Hall–Kier alpha value is -1.06. The second-order valence-corrected chi connectivity index (χ2v) is 9.34. The van der Waals surface area contributed by atoms with Crippen LogP contribution in [-0.2, 0) is 9.59 Å². The predicted molar refractivity (Wildman–Crippen MR) is 92.9 cm³/mol. The minimum absolute atomic E-state index is 0.171. The molecule has 0 radical (unpaired) electrons. The van der Waals surface area contributed by atoms with Crippen LogP contribution in [-0.4, -0.2) is 35.8 Å². The third-order valence-corrected chi connectivity index (χ3v) is 5.20. The van der Waals surface area contributed by atoms with Crippen molar-refractivity contribution < 1.29 is 9.59 Å². The van der Waals surface area contributed by atoms with E-state index < -0.39 is 0 Å². The molecule has 1 aliphatic carbocycles. The Labute approximate surface area is 141 Å². The van der Waals surface area contributed by atoms with Gasteiger partial charge in [0.2, 0.25) is 11.8 Å². The van der Waals surface area contributed by atoms with Gasteiger partial charge in [-0.05, 0) is 44.9 Å².